The van der Waals surface area contributed by atoms with Crippen molar-refractivity contribution in [3.63, 3.8) is 0 Å². The normalized spacial score (nSPS) is 11.6. The zero-order chi connectivity index (χ0) is 19.4. The number of hydrogen-bond acceptors (Lipinski definition) is 3. The van der Waals surface area contributed by atoms with Crippen LogP contribution in [0.4, 0.5) is 0 Å². The maximum absolute atomic E-state index is 9.20. The lowest BCUT2D eigenvalue weighted by Gasteiger charge is -2.11. The van der Waals surface area contributed by atoms with Crippen LogP contribution < -0.4 is 4.65 Å². The molecule has 0 spiro atoms. The predicted octanol–water partition coefficient (Wildman–Crippen LogP) is 5.59. The molecular weight excluding hydrogens is 361 g/mol. The molecule has 29 heavy (non-hydrogen) atoms. The highest BCUT2D eigenvalue weighted by molar-refractivity contribution is 6.19. The molecule has 5 heteroatoms. The summed E-state index contributed by atoms with van der Waals surface area (Å²) in [4.78, 5) is 0. The highest BCUT2D eigenvalue weighted by atomic mass is 16.5. The van der Waals surface area contributed by atoms with Gasteiger partial charge in [0, 0.05) is 16.2 Å². The van der Waals surface area contributed by atoms with Gasteiger partial charge in [-0.1, -0.05) is 54.6 Å². The van der Waals surface area contributed by atoms with E-state index in [9.17, 15) is 5.02 Å². The number of benzene rings is 4. The molecule has 4 nitrogen and oxygen atoms in total. The lowest BCUT2D eigenvalue weighted by molar-refractivity contribution is 0.451. The van der Waals surface area contributed by atoms with E-state index in [1.807, 2.05) is 36.4 Å². The fourth-order valence-corrected chi connectivity index (χ4v) is 4.30. The number of hydrogen-bond donors (Lipinski definition) is 1. The average molecular weight is 376 g/mol. The van der Waals surface area contributed by atoms with Gasteiger partial charge in [0.05, 0.1) is 22.1 Å². The summed E-state index contributed by atoms with van der Waals surface area (Å²) in [7, 11) is 0.683. The van der Waals surface area contributed by atoms with E-state index >= 15 is 0 Å². The smallest absolute Gasteiger partial charge is 0.535 e. The Morgan fingerprint density at radius 1 is 0.724 bits per heavy atom. The standard InChI is InChI=1S/C24H15BNO3/c27-25-29-22-14-13-20(23-17-9-3-6-12-21(17)28-24(22)23)26-18-10-4-1-7-15(18)16-8-2-5-11-19(16)26/h1-14,27H. The Bertz CT molecular complexity index is 1480. The summed E-state index contributed by atoms with van der Waals surface area (Å²) < 4.78 is 13.7. The molecule has 0 saturated carbocycles. The van der Waals surface area contributed by atoms with Gasteiger partial charge in [0.1, 0.15) is 11.3 Å². The first-order valence-electron chi connectivity index (χ1n) is 9.42. The van der Waals surface area contributed by atoms with Gasteiger partial charge in [-0.25, -0.2) is 0 Å². The predicted molar refractivity (Wildman–Crippen MR) is 117 cm³/mol. The van der Waals surface area contributed by atoms with Crippen LogP contribution in [-0.2, 0) is 0 Å². The number of aromatic nitrogens is 1. The van der Waals surface area contributed by atoms with Crippen LogP contribution in [-0.4, -0.2) is 17.3 Å². The van der Waals surface area contributed by atoms with E-state index in [1.165, 1.54) is 10.8 Å². The molecule has 1 N–H and O–H groups in total. The molecular formula is C24H15BNO3. The SMILES string of the molecule is O[B]Oc1ccc(-n2c3ccccc3c3ccccc32)c2c1oc1ccccc12. The quantitative estimate of drug-likeness (QED) is 0.410. The summed E-state index contributed by atoms with van der Waals surface area (Å²) in [6.07, 6.45) is 0. The molecule has 0 bridgehead atoms. The zero-order valence-corrected chi connectivity index (χ0v) is 15.4. The summed E-state index contributed by atoms with van der Waals surface area (Å²) in [5.74, 6) is 0.475. The van der Waals surface area contributed by atoms with Crippen LogP contribution in [0.5, 0.6) is 5.75 Å². The molecule has 0 aliphatic heterocycles. The average Bonchev–Trinajstić information content (AvgIpc) is 3.31. The van der Waals surface area contributed by atoms with Gasteiger partial charge < -0.3 is 18.7 Å². The van der Waals surface area contributed by atoms with Crippen LogP contribution in [0.1, 0.15) is 0 Å². The van der Waals surface area contributed by atoms with Crippen molar-refractivity contribution < 1.29 is 14.1 Å². The monoisotopic (exact) mass is 376 g/mol. The Morgan fingerprint density at radius 3 is 2.03 bits per heavy atom. The Morgan fingerprint density at radius 2 is 1.34 bits per heavy atom. The van der Waals surface area contributed by atoms with Gasteiger partial charge >= 0.3 is 7.69 Å². The maximum Gasteiger partial charge on any atom is 0.569 e. The zero-order valence-electron chi connectivity index (χ0n) is 15.4. The molecule has 4 aromatic carbocycles. The molecule has 0 atom stereocenters. The number of nitrogens with zero attached hydrogens (tertiary/aromatic N) is 1. The Balaban J connectivity index is 1.83. The van der Waals surface area contributed by atoms with Crippen molar-refractivity contribution in [2.24, 2.45) is 0 Å². The van der Waals surface area contributed by atoms with Gasteiger partial charge in [0.2, 0.25) is 0 Å². The summed E-state index contributed by atoms with van der Waals surface area (Å²) in [5, 5.41) is 13.6. The van der Waals surface area contributed by atoms with Gasteiger partial charge in [-0.2, -0.15) is 0 Å². The Labute approximate surface area is 166 Å². The topological polar surface area (TPSA) is 47.5 Å². The van der Waals surface area contributed by atoms with E-state index in [0.717, 1.165) is 33.1 Å². The summed E-state index contributed by atoms with van der Waals surface area (Å²) >= 11 is 0. The molecule has 2 aromatic heterocycles. The second-order valence-electron chi connectivity index (χ2n) is 6.98. The molecule has 1 radical (unpaired) electrons. The highest BCUT2D eigenvalue weighted by Crippen LogP contribution is 2.41. The summed E-state index contributed by atoms with van der Waals surface area (Å²) in [5.41, 5.74) is 4.65. The molecule has 0 unspecified atom stereocenters. The fraction of sp³-hybridized carbons (Fsp3) is 0. The third-order valence-corrected chi connectivity index (χ3v) is 5.47. The van der Waals surface area contributed by atoms with Crippen molar-refractivity contribution in [3.05, 3.63) is 84.9 Å². The molecule has 137 valence electrons. The van der Waals surface area contributed by atoms with Crippen LogP contribution in [0.3, 0.4) is 0 Å². The molecule has 6 rings (SSSR count). The molecule has 6 aromatic rings. The van der Waals surface area contributed by atoms with E-state index in [-0.39, 0.29) is 0 Å². The fourth-order valence-electron chi connectivity index (χ4n) is 4.30. The molecule has 0 aliphatic carbocycles. The second kappa shape index (κ2) is 6.16. The second-order valence-corrected chi connectivity index (χ2v) is 6.98. The van der Waals surface area contributed by atoms with Crippen molar-refractivity contribution in [1.29, 1.82) is 0 Å². The van der Waals surface area contributed by atoms with Crippen molar-refractivity contribution in [1.82, 2.24) is 4.57 Å². The summed E-state index contributed by atoms with van der Waals surface area (Å²) in [6, 6.07) is 28.6. The first-order valence-corrected chi connectivity index (χ1v) is 9.42. The van der Waals surface area contributed by atoms with E-state index in [4.69, 9.17) is 9.07 Å². The van der Waals surface area contributed by atoms with E-state index < -0.39 is 0 Å². The minimum Gasteiger partial charge on any atom is -0.535 e. The Kier molecular flexibility index (Phi) is 3.46. The number of para-hydroxylation sites is 3. The van der Waals surface area contributed by atoms with Gasteiger partial charge in [-0.05, 0) is 30.3 Å². The minimum atomic E-state index is 0.475. The largest absolute Gasteiger partial charge is 0.569 e. The van der Waals surface area contributed by atoms with Crippen LogP contribution in [0.25, 0.3) is 49.4 Å². The van der Waals surface area contributed by atoms with Crippen molar-refractivity contribution in [2.45, 2.75) is 0 Å². The summed E-state index contributed by atoms with van der Waals surface area (Å²) in [6.45, 7) is 0. The van der Waals surface area contributed by atoms with E-state index in [0.29, 0.717) is 19.0 Å². The maximum atomic E-state index is 9.20. The molecule has 0 fully saturated rings. The van der Waals surface area contributed by atoms with Crippen LogP contribution in [0.15, 0.2) is 89.3 Å². The van der Waals surface area contributed by atoms with Crippen LogP contribution in [0, 0.1) is 0 Å². The number of rotatable bonds is 3. The van der Waals surface area contributed by atoms with E-state index in [1.54, 1.807) is 0 Å². The third kappa shape index (κ3) is 2.25. The molecule has 2 heterocycles. The molecule has 0 amide bonds. The highest BCUT2D eigenvalue weighted by Gasteiger charge is 2.20. The first kappa shape index (κ1) is 16.3. The van der Waals surface area contributed by atoms with Gasteiger partial charge in [-0.3, -0.25) is 0 Å². The van der Waals surface area contributed by atoms with Gasteiger partial charge in [0.15, 0.2) is 5.58 Å². The van der Waals surface area contributed by atoms with Crippen LogP contribution >= 0.6 is 0 Å². The lowest BCUT2D eigenvalue weighted by atomic mass is 10.1. The number of fused-ring (bicyclic) bond motifs is 6. The Hall–Kier alpha value is -3.70. The van der Waals surface area contributed by atoms with E-state index in [2.05, 4.69) is 53.1 Å². The van der Waals surface area contributed by atoms with Crippen molar-refractivity contribution in [3.8, 4) is 11.4 Å². The number of furan rings is 1. The van der Waals surface area contributed by atoms with Crippen LogP contribution in [0.2, 0.25) is 0 Å². The molecule has 0 aliphatic rings. The third-order valence-electron chi connectivity index (χ3n) is 5.47. The molecule has 0 saturated heterocycles. The lowest BCUT2D eigenvalue weighted by Crippen LogP contribution is -2.01. The van der Waals surface area contributed by atoms with Crippen molar-refractivity contribution >= 4 is 51.4 Å². The minimum absolute atomic E-state index is 0.475. The van der Waals surface area contributed by atoms with Gasteiger partial charge in [0.25, 0.3) is 0 Å². The van der Waals surface area contributed by atoms with Gasteiger partial charge in [-0.15, -0.1) is 0 Å². The first-order chi connectivity index (χ1) is 14.4. The van der Waals surface area contributed by atoms with Crippen molar-refractivity contribution in [2.75, 3.05) is 0 Å².